The Hall–Kier alpha value is -1.90. The molecule has 12 heavy (non-hydrogen) atoms. The van der Waals surface area contributed by atoms with Crippen molar-refractivity contribution in [2.75, 3.05) is 6.54 Å². The third-order valence-corrected chi connectivity index (χ3v) is 1.16. The van der Waals surface area contributed by atoms with Crippen LogP contribution in [-0.2, 0) is 7.05 Å². The van der Waals surface area contributed by atoms with Crippen molar-refractivity contribution in [3.8, 4) is 6.07 Å². The third kappa shape index (κ3) is 1.79. The molecule has 6 nitrogen and oxygen atoms in total. The first-order chi connectivity index (χ1) is 5.74. The highest BCUT2D eigenvalue weighted by atomic mass is 16.2. The maximum absolute atomic E-state index is 11.0. The van der Waals surface area contributed by atoms with Crippen LogP contribution in [0.5, 0.6) is 0 Å². The van der Waals surface area contributed by atoms with Crippen LogP contribution in [0.4, 0.5) is 0 Å². The standard InChI is InChI=1S/C6H7N5O/c1-11-9-4-5(10-11)6(12)8-3-2-7/h4H,3H2,1H3,(H,8,12). The molecule has 0 atom stereocenters. The molecular formula is C6H7N5O. The lowest BCUT2D eigenvalue weighted by atomic mass is 10.4. The Morgan fingerprint density at radius 3 is 3.17 bits per heavy atom. The van der Waals surface area contributed by atoms with E-state index in [2.05, 4.69) is 15.5 Å². The van der Waals surface area contributed by atoms with E-state index >= 15 is 0 Å². The molecule has 1 rings (SSSR count). The summed E-state index contributed by atoms with van der Waals surface area (Å²) in [5.74, 6) is -0.385. The van der Waals surface area contributed by atoms with Crippen LogP contribution in [-0.4, -0.2) is 27.4 Å². The summed E-state index contributed by atoms with van der Waals surface area (Å²) >= 11 is 0. The Morgan fingerprint density at radius 2 is 2.67 bits per heavy atom. The summed E-state index contributed by atoms with van der Waals surface area (Å²) in [6.07, 6.45) is 1.34. The number of amides is 1. The van der Waals surface area contributed by atoms with Gasteiger partial charge in [0.1, 0.15) is 6.54 Å². The molecule has 1 amide bonds. The zero-order valence-electron chi connectivity index (χ0n) is 6.48. The number of carbonyl (C=O) groups is 1. The number of hydrogen-bond acceptors (Lipinski definition) is 4. The highest BCUT2D eigenvalue weighted by molar-refractivity contribution is 5.91. The average molecular weight is 165 g/mol. The summed E-state index contributed by atoms with van der Waals surface area (Å²) < 4.78 is 0. The van der Waals surface area contributed by atoms with Gasteiger partial charge >= 0.3 is 0 Å². The van der Waals surface area contributed by atoms with Gasteiger partial charge in [-0.2, -0.15) is 15.2 Å². The first-order valence-corrected chi connectivity index (χ1v) is 3.25. The Morgan fingerprint density at radius 1 is 1.92 bits per heavy atom. The van der Waals surface area contributed by atoms with E-state index < -0.39 is 0 Å². The highest BCUT2D eigenvalue weighted by Gasteiger charge is 2.07. The van der Waals surface area contributed by atoms with Crippen LogP contribution in [0.3, 0.4) is 0 Å². The molecule has 0 aliphatic heterocycles. The highest BCUT2D eigenvalue weighted by Crippen LogP contribution is 1.88. The smallest absolute Gasteiger partial charge is 0.274 e. The van der Waals surface area contributed by atoms with Gasteiger partial charge in [0.05, 0.1) is 12.3 Å². The summed E-state index contributed by atoms with van der Waals surface area (Å²) in [6.45, 7) is -0.0184. The second-order valence-electron chi connectivity index (χ2n) is 2.06. The first-order valence-electron chi connectivity index (χ1n) is 3.25. The Bertz CT molecular complexity index is 323. The normalized spacial score (nSPS) is 9.00. The van der Waals surface area contributed by atoms with E-state index in [4.69, 9.17) is 5.26 Å². The minimum absolute atomic E-state index is 0.0184. The van der Waals surface area contributed by atoms with Gasteiger partial charge in [-0.05, 0) is 0 Å². The van der Waals surface area contributed by atoms with Crippen LogP contribution in [0.15, 0.2) is 6.20 Å². The number of hydrogen-bond donors (Lipinski definition) is 1. The molecule has 6 heteroatoms. The van der Waals surface area contributed by atoms with Gasteiger partial charge in [-0.15, -0.1) is 5.10 Å². The molecule has 62 valence electrons. The molecule has 0 radical (unpaired) electrons. The third-order valence-electron chi connectivity index (χ3n) is 1.16. The summed E-state index contributed by atoms with van der Waals surface area (Å²) in [5, 5.41) is 18.0. The Kier molecular flexibility index (Phi) is 2.38. The maximum Gasteiger partial charge on any atom is 0.274 e. The summed E-state index contributed by atoms with van der Waals surface area (Å²) in [6, 6.07) is 1.79. The van der Waals surface area contributed by atoms with Gasteiger partial charge in [0, 0.05) is 7.05 Å². The maximum atomic E-state index is 11.0. The van der Waals surface area contributed by atoms with E-state index in [1.54, 1.807) is 13.1 Å². The fourth-order valence-corrected chi connectivity index (χ4v) is 0.660. The molecule has 0 saturated carbocycles. The van der Waals surface area contributed by atoms with Crippen molar-refractivity contribution in [2.45, 2.75) is 0 Å². The largest absolute Gasteiger partial charge is 0.337 e. The van der Waals surface area contributed by atoms with Crippen molar-refractivity contribution in [2.24, 2.45) is 7.05 Å². The van der Waals surface area contributed by atoms with E-state index in [-0.39, 0.29) is 18.1 Å². The molecule has 1 aromatic heterocycles. The van der Waals surface area contributed by atoms with Gasteiger partial charge in [-0.3, -0.25) is 4.79 Å². The van der Waals surface area contributed by atoms with Crippen LogP contribution in [0.1, 0.15) is 10.5 Å². The van der Waals surface area contributed by atoms with Crippen LogP contribution in [0.25, 0.3) is 0 Å². The number of carbonyl (C=O) groups excluding carboxylic acids is 1. The molecule has 0 saturated heterocycles. The predicted octanol–water partition coefficient (Wildman–Crippen LogP) is -0.932. The van der Waals surface area contributed by atoms with Crippen molar-refractivity contribution < 1.29 is 4.79 Å². The number of nitrogens with one attached hydrogen (secondary N) is 1. The van der Waals surface area contributed by atoms with E-state index in [0.717, 1.165) is 0 Å². The van der Waals surface area contributed by atoms with Gasteiger partial charge in [0.2, 0.25) is 0 Å². The fourth-order valence-electron chi connectivity index (χ4n) is 0.660. The lowest BCUT2D eigenvalue weighted by Crippen LogP contribution is -2.24. The molecule has 0 aliphatic carbocycles. The van der Waals surface area contributed by atoms with E-state index in [1.807, 2.05) is 0 Å². The van der Waals surface area contributed by atoms with Crippen LogP contribution in [0, 0.1) is 11.3 Å². The predicted molar refractivity (Wildman–Crippen MR) is 38.9 cm³/mol. The molecular weight excluding hydrogens is 158 g/mol. The number of nitrogens with zero attached hydrogens (tertiary/aromatic N) is 4. The van der Waals surface area contributed by atoms with Gasteiger partial charge in [-0.25, -0.2) is 0 Å². The molecule has 0 fully saturated rings. The molecule has 0 aliphatic rings. The number of aromatic nitrogens is 3. The number of rotatable bonds is 2. The second-order valence-corrected chi connectivity index (χ2v) is 2.06. The molecule has 0 aromatic carbocycles. The van der Waals surface area contributed by atoms with Crippen LogP contribution in [0.2, 0.25) is 0 Å². The average Bonchev–Trinajstić information content (AvgIpc) is 2.47. The van der Waals surface area contributed by atoms with Crippen molar-refractivity contribution in [1.82, 2.24) is 20.3 Å². The summed E-state index contributed by atoms with van der Waals surface area (Å²) in [5.41, 5.74) is 0.216. The molecule has 1 N–H and O–H groups in total. The van der Waals surface area contributed by atoms with Crippen molar-refractivity contribution in [1.29, 1.82) is 5.26 Å². The molecule has 1 aromatic rings. The topological polar surface area (TPSA) is 83.6 Å². The number of aryl methyl sites for hydroxylation is 1. The van der Waals surface area contributed by atoms with Crippen LogP contribution < -0.4 is 5.32 Å². The zero-order valence-corrected chi connectivity index (χ0v) is 6.48. The van der Waals surface area contributed by atoms with Gasteiger partial charge in [0.25, 0.3) is 5.91 Å². The van der Waals surface area contributed by atoms with Crippen molar-refractivity contribution in [3.05, 3.63) is 11.9 Å². The van der Waals surface area contributed by atoms with Gasteiger partial charge in [0.15, 0.2) is 5.69 Å². The van der Waals surface area contributed by atoms with E-state index in [0.29, 0.717) is 0 Å². The minimum Gasteiger partial charge on any atom is -0.337 e. The molecule has 0 unspecified atom stereocenters. The fraction of sp³-hybridized carbons (Fsp3) is 0.333. The Balaban J connectivity index is 2.61. The molecule has 0 spiro atoms. The van der Waals surface area contributed by atoms with Gasteiger partial charge < -0.3 is 5.32 Å². The summed E-state index contributed by atoms with van der Waals surface area (Å²) in [4.78, 5) is 12.3. The molecule has 0 bridgehead atoms. The lowest BCUT2D eigenvalue weighted by molar-refractivity contribution is 0.0953. The first kappa shape index (κ1) is 8.20. The second kappa shape index (κ2) is 3.48. The minimum atomic E-state index is -0.385. The van der Waals surface area contributed by atoms with Gasteiger partial charge in [-0.1, -0.05) is 0 Å². The quantitative estimate of drug-likeness (QED) is 0.574. The zero-order chi connectivity index (χ0) is 8.97. The Labute approximate surface area is 68.8 Å². The lowest BCUT2D eigenvalue weighted by Gasteiger charge is -1.93. The number of nitriles is 1. The monoisotopic (exact) mass is 165 g/mol. The van der Waals surface area contributed by atoms with E-state index in [1.165, 1.54) is 11.0 Å². The van der Waals surface area contributed by atoms with Crippen LogP contribution >= 0.6 is 0 Å². The van der Waals surface area contributed by atoms with Crippen molar-refractivity contribution in [3.63, 3.8) is 0 Å². The van der Waals surface area contributed by atoms with Crippen molar-refractivity contribution >= 4 is 5.91 Å². The van der Waals surface area contributed by atoms with E-state index in [9.17, 15) is 4.79 Å². The summed E-state index contributed by atoms with van der Waals surface area (Å²) in [7, 11) is 1.61. The molecule has 1 heterocycles. The SMILES string of the molecule is Cn1ncc(C(=O)NCC#N)n1.